The molecule has 0 aliphatic carbocycles. The molecular weight excluding hydrogens is 239 g/mol. The summed E-state index contributed by atoms with van der Waals surface area (Å²) in [5.41, 5.74) is 1.08. The minimum absolute atomic E-state index is 0.226. The maximum absolute atomic E-state index is 5.87. The summed E-state index contributed by atoms with van der Waals surface area (Å²) >= 11 is 3.10. The molecule has 16 heavy (non-hydrogen) atoms. The summed E-state index contributed by atoms with van der Waals surface area (Å²) in [7, 11) is 0. The van der Waals surface area contributed by atoms with Crippen LogP contribution in [0.3, 0.4) is 0 Å². The predicted octanol–water partition coefficient (Wildman–Crippen LogP) is 2.49. The van der Waals surface area contributed by atoms with Crippen LogP contribution in [-0.4, -0.2) is 21.7 Å². The standard InChI is InChI=1S/C13H17NO.Cr/c1-4-14-12(10-15-13(14,2)3)11-8-6-5-7-9-11;/h5-9,12H,10H2,1-3H3;/t12-;/m1./s1/i4+1;. The van der Waals surface area contributed by atoms with Crippen molar-refractivity contribution in [3.63, 3.8) is 0 Å². The van der Waals surface area contributed by atoms with Crippen LogP contribution < -0.4 is 0 Å². The summed E-state index contributed by atoms with van der Waals surface area (Å²) in [5, 5.41) is 0. The van der Waals surface area contributed by atoms with E-state index in [1.165, 1.54) is 10.1 Å². The topological polar surface area (TPSA) is 12.5 Å². The third-order valence-electron chi connectivity index (χ3n) is 3.01. The van der Waals surface area contributed by atoms with Gasteiger partial charge in [0.05, 0.1) is 0 Å². The summed E-state index contributed by atoms with van der Waals surface area (Å²) < 4.78 is 7.04. The molecule has 0 N–H and O–H groups in total. The molecule has 3 heteroatoms. The van der Waals surface area contributed by atoms with E-state index in [-0.39, 0.29) is 5.72 Å². The van der Waals surface area contributed by atoms with Crippen LogP contribution in [0.1, 0.15) is 32.4 Å². The zero-order valence-corrected chi connectivity index (χ0v) is 11.2. The minimum atomic E-state index is -0.226. The van der Waals surface area contributed by atoms with E-state index in [9.17, 15) is 0 Å². The number of hydrogen-bond donors (Lipinski definition) is 0. The molecule has 0 amide bonds. The van der Waals surface area contributed by atoms with Crippen molar-refractivity contribution in [1.29, 1.82) is 0 Å². The van der Waals surface area contributed by atoms with E-state index in [2.05, 4.69) is 65.8 Å². The number of rotatable bonds is 2. The van der Waals surface area contributed by atoms with E-state index >= 15 is 0 Å². The molecular formula is C13H17CrNO. The predicted molar refractivity (Wildman–Crippen MR) is 61.7 cm³/mol. The summed E-state index contributed by atoms with van der Waals surface area (Å²) in [6, 6.07) is 10.8. The Bertz CT molecular complexity index is 388. The van der Waals surface area contributed by atoms with Crippen LogP contribution in [0, 0.1) is 0 Å². The van der Waals surface area contributed by atoms with Gasteiger partial charge in [0, 0.05) is 0 Å². The number of nitrogens with zero attached hydrogens (tertiary/aromatic N) is 1. The molecule has 1 aromatic carbocycles. The monoisotopic (exact) mass is 256 g/mol. The zero-order chi connectivity index (χ0) is 11.8. The first-order valence-electron chi connectivity index (χ1n) is 5.51. The third kappa shape index (κ3) is 2.14. The Balaban J connectivity index is 2.33. The van der Waals surface area contributed by atoms with Crippen LogP contribution >= 0.6 is 0 Å². The van der Waals surface area contributed by atoms with E-state index in [0.717, 1.165) is 6.61 Å². The van der Waals surface area contributed by atoms with Crippen molar-refractivity contribution in [1.82, 2.24) is 4.90 Å². The molecule has 0 saturated carbocycles. The second-order valence-electron chi connectivity index (χ2n) is 4.57. The molecule has 1 atom stereocenters. The molecule has 0 radical (unpaired) electrons. The second kappa shape index (κ2) is 4.43. The molecule has 1 aromatic rings. The molecule has 0 aromatic heterocycles. The van der Waals surface area contributed by atoms with Crippen LogP contribution in [0.4, 0.5) is 0 Å². The molecule has 1 aliphatic rings. The number of benzene rings is 1. The van der Waals surface area contributed by atoms with E-state index < -0.39 is 0 Å². The van der Waals surface area contributed by atoms with Gasteiger partial charge in [0.2, 0.25) is 0 Å². The Labute approximate surface area is 105 Å². The van der Waals surface area contributed by atoms with Gasteiger partial charge < -0.3 is 0 Å². The fourth-order valence-electron chi connectivity index (χ4n) is 2.32. The Morgan fingerprint density at radius 2 is 2.00 bits per heavy atom. The Morgan fingerprint density at radius 3 is 2.56 bits per heavy atom. The SMILES string of the molecule is C[13C](=[Cr])N1[C@@H](c2ccccc2)COC1(C)C. The van der Waals surface area contributed by atoms with Gasteiger partial charge in [0.15, 0.2) is 0 Å². The first-order chi connectivity index (χ1) is 7.52. The van der Waals surface area contributed by atoms with Gasteiger partial charge in [0.25, 0.3) is 0 Å². The molecule has 1 aliphatic heterocycles. The first kappa shape index (κ1) is 12.0. The zero-order valence-electron chi connectivity index (χ0n) is 9.93. The quantitative estimate of drug-likeness (QED) is 0.754. The van der Waals surface area contributed by atoms with E-state index in [4.69, 9.17) is 4.74 Å². The molecule has 1 fully saturated rings. The molecule has 0 spiro atoms. The van der Waals surface area contributed by atoms with Gasteiger partial charge in [-0.1, -0.05) is 0 Å². The summed E-state index contributed by atoms with van der Waals surface area (Å²) in [5.74, 6) is 0. The normalized spacial score (nSPS) is 24.6. The summed E-state index contributed by atoms with van der Waals surface area (Å²) in [4.78, 5) is 2.31. The summed E-state index contributed by atoms with van der Waals surface area (Å²) in [6.07, 6.45) is 0. The van der Waals surface area contributed by atoms with Crippen LogP contribution in [0.2, 0.25) is 0 Å². The van der Waals surface area contributed by atoms with Crippen molar-refractivity contribution in [3.05, 3.63) is 35.9 Å². The Kier molecular flexibility index (Phi) is 3.32. The molecule has 0 bridgehead atoms. The van der Waals surface area contributed by atoms with Crippen LogP contribution in [0.25, 0.3) is 0 Å². The molecule has 1 saturated heterocycles. The first-order valence-corrected chi connectivity index (χ1v) is 6.15. The van der Waals surface area contributed by atoms with Crippen molar-refractivity contribution in [3.8, 4) is 0 Å². The third-order valence-corrected chi connectivity index (χ3v) is 3.32. The average Bonchev–Trinajstić information content (AvgIpc) is 2.55. The number of ether oxygens (including phenoxy) is 1. The molecule has 0 unspecified atom stereocenters. The van der Waals surface area contributed by atoms with Crippen LogP contribution in [-0.2, 0) is 20.6 Å². The van der Waals surface area contributed by atoms with Crippen LogP contribution in [0.5, 0.6) is 0 Å². The molecule has 86 valence electrons. The van der Waals surface area contributed by atoms with Gasteiger partial charge in [-0.25, -0.2) is 0 Å². The molecule has 2 rings (SSSR count). The van der Waals surface area contributed by atoms with Crippen molar-refractivity contribution >= 4 is 4.50 Å². The second-order valence-corrected chi connectivity index (χ2v) is 5.50. The fourth-order valence-corrected chi connectivity index (χ4v) is 2.86. The van der Waals surface area contributed by atoms with E-state index in [1.54, 1.807) is 0 Å². The summed E-state index contributed by atoms with van der Waals surface area (Å²) in [6.45, 7) is 7.05. The van der Waals surface area contributed by atoms with Gasteiger partial charge in [-0.2, -0.15) is 0 Å². The molecule has 2 nitrogen and oxygen atoms in total. The van der Waals surface area contributed by atoms with Gasteiger partial charge in [0.1, 0.15) is 0 Å². The van der Waals surface area contributed by atoms with Gasteiger partial charge in [-0.15, -0.1) is 0 Å². The fraction of sp³-hybridized carbons (Fsp3) is 0.462. The van der Waals surface area contributed by atoms with Gasteiger partial charge in [-0.3, -0.25) is 0 Å². The van der Waals surface area contributed by atoms with Gasteiger partial charge >= 0.3 is 105 Å². The van der Waals surface area contributed by atoms with E-state index in [0.29, 0.717) is 6.04 Å². The van der Waals surface area contributed by atoms with Crippen molar-refractivity contribution in [2.75, 3.05) is 6.61 Å². The van der Waals surface area contributed by atoms with E-state index in [1.807, 2.05) is 6.07 Å². The van der Waals surface area contributed by atoms with Gasteiger partial charge in [-0.05, 0) is 0 Å². The van der Waals surface area contributed by atoms with Crippen molar-refractivity contribution < 1.29 is 20.6 Å². The van der Waals surface area contributed by atoms with Crippen molar-refractivity contribution in [2.45, 2.75) is 32.5 Å². The van der Waals surface area contributed by atoms with Crippen molar-refractivity contribution in [2.24, 2.45) is 0 Å². The average molecular weight is 256 g/mol. The Hall–Kier alpha value is -0.458. The molecule has 1 heterocycles. The van der Waals surface area contributed by atoms with Crippen LogP contribution in [0.15, 0.2) is 30.3 Å². The number of hydrogen-bond acceptors (Lipinski definition) is 2. The Morgan fingerprint density at radius 1 is 1.38 bits per heavy atom. The maximum atomic E-state index is 5.87.